The van der Waals surface area contributed by atoms with Crippen molar-refractivity contribution < 1.29 is 0 Å². The van der Waals surface area contributed by atoms with Crippen molar-refractivity contribution in [1.82, 2.24) is 10.2 Å². The minimum atomic E-state index is 0.697. The van der Waals surface area contributed by atoms with Crippen molar-refractivity contribution in [2.45, 2.75) is 9.24 Å². The lowest BCUT2D eigenvalue weighted by molar-refractivity contribution is 1.00. The van der Waals surface area contributed by atoms with E-state index < -0.39 is 0 Å². The van der Waals surface area contributed by atoms with E-state index in [0.717, 1.165) is 14.9 Å². The van der Waals surface area contributed by atoms with E-state index in [1.165, 1.54) is 11.3 Å². The number of aromatic amines is 1. The average Bonchev–Trinajstić information content (AvgIpc) is 2.56. The molecule has 6 heteroatoms. The lowest BCUT2D eigenvalue weighted by Gasteiger charge is -1.96. The highest BCUT2D eigenvalue weighted by Gasteiger charge is 2.00. The molecule has 0 fully saturated rings. The maximum Gasteiger partial charge on any atom is 0.177 e. The van der Waals surface area contributed by atoms with Crippen LogP contribution in [-0.4, -0.2) is 10.2 Å². The van der Waals surface area contributed by atoms with Gasteiger partial charge >= 0.3 is 0 Å². The molecular weight excluding hydrogens is 234 g/mol. The van der Waals surface area contributed by atoms with Crippen LogP contribution in [0, 0.1) is 3.95 Å². The molecule has 1 aromatic heterocycles. The number of aromatic nitrogens is 2. The number of nitrogens with two attached hydrogens (primary N) is 1. The molecule has 0 amide bonds. The minimum Gasteiger partial charge on any atom is -0.399 e. The fourth-order valence-corrected chi connectivity index (χ4v) is 2.95. The summed E-state index contributed by atoms with van der Waals surface area (Å²) < 4.78 is 1.61. The van der Waals surface area contributed by atoms with Gasteiger partial charge < -0.3 is 5.73 Å². The molecule has 2 rings (SSSR count). The summed E-state index contributed by atoms with van der Waals surface area (Å²) in [5, 5.41) is 6.79. The Bertz CT molecular complexity index is 471. The number of benzene rings is 1. The number of hydrogen-bond donors (Lipinski definition) is 2. The Kier molecular flexibility index (Phi) is 2.85. The van der Waals surface area contributed by atoms with Gasteiger partial charge in [0.2, 0.25) is 0 Å². The molecule has 0 unspecified atom stereocenters. The molecule has 1 aromatic carbocycles. The summed E-state index contributed by atoms with van der Waals surface area (Å²) >= 11 is 7.97. The van der Waals surface area contributed by atoms with Crippen molar-refractivity contribution >= 4 is 41.0 Å². The Hall–Kier alpha value is -0.850. The highest BCUT2D eigenvalue weighted by Crippen LogP contribution is 2.29. The number of nitrogen functional groups attached to an aromatic ring is 1. The van der Waals surface area contributed by atoms with Crippen LogP contribution in [0.5, 0.6) is 0 Å². The Morgan fingerprint density at radius 3 is 2.64 bits per heavy atom. The molecule has 0 aliphatic heterocycles. The number of nitrogens with one attached hydrogen (secondary N) is 1. The van der Waals surface area contributed by atoms with Crippen LogP contribution in [0.4, 0.5) is 5.69 Å². The van der Waals surface area contributed by atoms with Crippen LogP contribution in [0.25, 0.3) is 0 Å². The van der Waals surface area contributed by atoms with Crippen molar-refractivity contribution in [3.8, 4) is 0 Å². The van der Waals surface area contributed by atoms with Crippen molar-refractivity contribution in [3.05, 3.63) is 28.2 Å². The second kappa shape index (κ2) is 4.12. The molecular formula is C8H7N3S3. The van der Waals surface area contributed by atoms with Gasteiger partial charge in [-0.3, -0.25) is 5.10 Å². The largest absolute Gasteiger partial charge is 0.399 e. The van der Waals surface area contributed by atoms with Crippen molar-refractivity contribution in [2.24, 2.45) is 0 Å². The number of rotatable bonds is 2. The van der Waals surface area contributed by atoms with Crippen molar-refractivity contribution in [1.29, 1.82) is 0 Å². The molecule has 0 aliphatic carbocycles. The van der Waals surface area contributed by atoms with E-state index in [1.54, 1.807) is 11.8 Å². The highest BCUT2D eigenvalue weighted by molar-refractivity contribution is 8.01. The molecule has 0 saturated heterocycles. The van der Waals surface area contributed by atoms with E-state index in [4.69, 9.17) is 18.0 Å². The predicted octanol–water partition coefficient (Wildman–Crippen LogP) is 2.93. The van der Waals surface area contributed by atoms with Gasteiger partial charge in [-0.05, 0) is 36.5 Å². The number of H-pyrrole nitrogens is 1. The molecule has 14 heavy (non-hydrogen) atoms. The first-order valence-electron chi connectivity index (χ1n) is 3.83. The van der Waals surface area contributed by atoms with E-state index in [1.807, 2.05) is 24.3 Å². The van der Waals surface area contributed by atoms with Gasteiger partial charge in [0, 0.05) is 10.6 Å². The maximum absolute atomic E-state index is 5.58. The van der Waals surface area contributed by atoms with Gasteiger partial charge in [-0.25, -0.2) is 0 Å². The SMILES string of the molecule is Nc1ccc(Sc2n[nH]c(=S)s2)cc1. The standard InChI is InChI=1S/C8H7N3S3/c9-5-1-3-6(4-2-5)13-8-11-10-7(12)14-8/h1-4H,9H2,(H,10,12). The van der Waals surface area contributed by atoms with Gasteiger partial charge in [-0.15, -0.1) is 0 Å². The van der Waals surface area contributed by atoms with Crippen molar-refractivity contribution in [3.63, 3.8) is 0 Å². The first-order chi connectivity index (χ1) is 6.74. The lowest BCUT2D eigenvalue weighted by Crippen LogP contribution is -1.82. The summed E-state index contributed by atoms with van der Waals surface area (Å²) in [7, 11) is 0. The molecule has 0 aliphatic rings. The number of nitrogens with zero attached hydrogens (tertiary/aromatic N) is 1. The number of hydrogen-bond acceptors (Lipinski definition) is 5. The molecule has 2 aromatic rings. The molecule has 3 N–H and O–H groups in total. The zero-order chi connectivity index (χ0) is 9.97. The summed E-state index contributed by atoms with van der Waals surface area (Å²) in [5.41, 5.74) is 6.35. The first kappa shape index (κ1) is 9.70. The predicted molar refractivity (Wildman–Crippen MR) is 62.3 cm³/mol. The Labute approximate surface area is 94.4 Å². The smallest absolute Gasteiger partial charge is 0.177 e. The Morgan fingerprint density at radius 2 is 2.07 bits per heavy atom. The second-order valence-electron chi connectivity index (χ2n) is 2.55. The van der Waals surface area contributed by atoms with Crippen LogP contribution in [0.15, 0.2) is 33.5 Å². The summed E-state index contributed by atoms with van der Waals surface area (Å²) in [4.78, 5) is 1.11. The third-order valence-corrected chi connectivity index (χ3v) is 3.66. The summed E-state index contributed by atoms with van der Waals surface area (Å²) in [6.45, 7) is 0. The summed E-state index contributed by atoms with van der Waals surface area (Å²) in [6, 6.07) is 7.66. The average molecular weight is 241 g/mol. The third-order valence-electron chi connectivity index (χ3n) is 1.50. The van der Waals surface area contributed by atoms with Gasteiger partial charge in [-0.2, -0.15) is 5.10 Å². The highest BCUT2D eigenvalue weighted by atomic mass is 32.2. The third kappa shape index (κ3) is 2.34. The molecule has 0 spiro atoms. The molecule has 1 heterocycles. The molecule has 72 valence electrons. The van der Waals surface area contributed by atoms with Crippen LogP contribution in [0.2, 0.25) is 0 Å². The maximum atomic E-state index is 5.58. The normalized spacial score (nSPS) is 10.3. The van der Waals surface area contributed by atoms with E-state index in [2.05, 4.69) is 10.2 Å². The van der Waals surface area contributed by atoms with E-state index in [9.17, 15) is 0 Å². The minimum absolute atomic E-state index is 0.697. The molecule has 0 saturated carbocycles. The molecule has 3 nitrogen and oxygen atoms in total. The van der Waals surface area contributed by atoms with Gasteiger partial charge in [0.05, 0.1) is 0 Å². The lowest BCUT2D eigenvalue weighted by atomic mass is 10.3. The van der Waals surface area contributed by atoms with Crippen LogP contribution in [-0.2, 0) is 0 Å². The topological polar surface area (TPSA) is 54.7 Å². The van der Waals surface area contributed by atoms with Crippen LogP contribution >= 0.6 is 35.3 Å². The van der Waals surface area contributed by atoms with Gasteiger partial charge in [0.15, 0.2) is 8.29 Å². The zero-order valence-corrected chi connectivity index (χ0v) is 9.51. The van der Waals surface area contributed by atoms with Crippen LogP contribution < -0.4 is 5.73 Å². The molecule has 0 atom stereocenters. The number of anilines is 1. The van der Waals surface area contributed by atoms with Crippen LogP contribution in [0.3, 0.4) is 0 Å². The van der Waals surface area contributed by atoms with E-state index in [-0.39, 0.29) is 0 Å². The van der Waals surface area contributed by atoms with Crippen LogP contribution in [0.1, 0.15) is 0 Å². The summed E-state index contributed by atoms with van der Waals surface area (Å²) in [6.07, 6.45) is 0. The van der Waals surface area contributed by atoms with Gasteiger partial charge in [0.25, 0.3) is 0 Å². The Balaban J connectivity index is 2.19. The second-order valence-corrected chi connectivity index (χ2v) is 5.54. The van der Waals surface area contributed by atoms with Crippen molar-refractivity contribution in [2.75, 3.05) is 5.73 Å². The Morgan fingerprint density at radius 1 is 1.36 bits per heavy atom. The van der Waals surface area contributed by atoms with E-state index in [0.29, 0.717) is 3.95 Å². The fraction of sp³-hybridized carbons (Fsp3) is 0. The monoisotopic (exact) mass is 241 g/mol. The van der Waals surface area contributed by atoms with Gasteiger partial charge in [-0.1, -0.05) is 23.1 Å². The quantitative estimate of drug-likeness (QED) is 0.627. The first-order valence-corrected chi connectivity index (χ1v) is 5.87. The summed E-state index contributed by atoms with van der Waals surface area (Å²) in [5.74, 6) is 0. The fourth-order valence-electron chi connectivity index (χ4n) is 0.897. The van der Waals surface area contributed by atoms with E-state index >= 15 is 0 Å². The molecule has 0 radical (unpaired) electrons. The zero-order valence-electron chi connectivity index (χ0n) is 7.06. The van der Waals surface area contributed by atoms with Gasteiger partial charge in [0.1, 0.15) is 0 Å². The molecule has 0 bridgehead atoms.